The Labute approximate surface area is 277 Å². The van der Waals surface area contributed by atoms with E-state index in [4.69, 9.17) is 32.7 Å². The molecule has 0 spiro atoms. The van der Waals surface area contributed by atoms with Crippen molar-refractivity contribution in [1.82, 2.24) is 20.2 Å². The first-order valence-corrected chi connectivity index (χ1v) is 15.8. The van der Waals surface area contributed by atoms with Crippen LogP contribution in [0, 0.1) is 0 Å². The maximum atomic E-state index is 12.5. The van der Waals surface area contributed by atoms with Crippen LogP contribution in [0.25, 0.3) is 11.1 Å². The van der Waals surface area contributed by atoms with Gasteiger partial charge in [0.25, 0.3) is 0 Å². The predicted molar refractivity (Wildman–Crippen MR) is 178 cm³/mol. The molecule has 1 fully saturated rings. The first-order valence-electron chi connectivity index (χ1n) is 15.1. The summed E-state index contributed by atoms with van der Waals surface area (Å²) in [7, 11) is 0. The number of nitrogens with one attached hydrogen (secondary N) is 2. The van der Waals surface area contributed by atoms with Crippen molar-refractivity contribution in [1.29, 1.82) is 0 Å². The van der Waals surface area contributed by atoms with Gasteiger partial charge in [-0.25, -0.2) is 9.78 Å². The zero-order valence-corrected chi connectivity index (χ0v) is 26.5. The van der Waals surface area contributed by atoms with E-state index in [0.29, 0.717) is 31.2 Å². The molecule has 0 aliphatic carbocycles. The summed E-state index contributed by atoms with van der Waals surface area (Å²) in [6.07, 6.45) is 1.10. The van der Waals surface area contributed by atoms with Gasteiger partial charge in [0.1, 0.15) is 5.15 Å². The zero-order chi connectivity index (χ0) is 31.9. The van der Waals surface area contributed by atoms with Crippen LogP contribution in [0.1, 0.15) is 46.6 Å². The molecule has 0 saturated carbocycles. The van der Waals surface area contributed by atoms with E-state index in [2.05, 4.69) is 15.6 Å². The number of carbonyl (C=O) groups excluding carboxylic acids is 1. The van der Waals surface area contributed by atoms with Gasteiger partial charge in [-0.15, -0.1) is 0 Å². The van der Waals surface area contributed by atoms with E-state index >= 15 is 0 Å². The minimum absolute atomic E-state index is 0.0208. The number of urea groups is 1. The Kier molecular flexibility index (Phi) is 10.3. The Morgan fingerprint density at radius 2 is 1.52 bits per heavy atom. The van der Waals surface area contributed by atoms with Crippen LogP contribution in [0.5, 0.6) is 0 Å². The number of hydrogen-bond acceptors (Lipinski definition) is 5. The van der Waals surface area contributed by atoms with E-state index < -0.39 is 6.29 Å². The molecule has 3 atom stereocenters. The van der Waals surface area contributed by atoms with Gasteiger partial charge in [-0.05, 0) is 33.4 Å². The number of benzene rings is 4. The number of hydrogen-bond donors (Lipinski definition) is 3. The molecule has 3 N–H and O–H groups in total. The van der Waals surface area contributed by atoms with Crippen molar-refractivity contribution in [3.05, 3.63) is 148 Å². The van der Waals surface area contributed by atoms with Gasteiger partial charge in [0.05, 0.1) is 31.7 Å². The summed E-state index contributed by atoms with van der Waals surface area (Å²) >= 11 is 12.5. The first-order chi connectivity index (χ1) is 22.5. The van der Waals surface area contributed by atoms with Crippen LogP contribution >= 0.6 is 23.2 Å². The first kappa shape index (κ1) is 31.8. The quantitative estimate of drug-likeness (QED) is 0.144. The number of aliphatic hydroxyl groups is 1. The maximum Gasteiger partial charge on any atom is 0.315 e. The van der Waals surface area contributed by atoms with Crippen molar-refractivity contribution < 1.29 is 19.4 Å². The van der Waals surface area contributed by atoms with Gasteiger partial charge in [0.15, 0.2) is 11.4 Å². The molecular formula is C36H34Cl2N4O4. The largest absolute Gasteiger partial charge is 0.392 e. The molecule has 10 heteroatoms. The van der Waals surface area contributed by atoms with Crippen LogP contribution in [0.4, 0.5) is 4.79 Å². The van der Waals surface area contributed by atoms with Crippen molar-refractivity contribution in [2.24, 2.45) is 0 Å². The topological polar surface area (TPSA) is 97.6 Å². The van der Waals surface area contributed by atoms with Crippen LogP contribution in [0.15, 0.2) is 109 Å². The van der Waals surface area contributed by atoms with Crippen molar-refractivity contribution in [2.45, 2.75) is 51.2 Å². The molecule has 1 saturated heterocycles. The second-order valence-corrected chi connectivity index (χ2v) is 11.8. The van der Waals surface area contributed by atoms with Crippen LogP contribution in [0.2, 0.25) is 10.3 Å². The van der Waals surface area contributed by atoms with Gasteiger partial charge in [0, 0.05) is 25.1 Å². The molecular weight excluding hydrogens is 623 g/mol. The molecule has 8 nitrogen and oxygen atoms in total. The van der Waals surface area contributed by atoms with Crippen molar-refractivity contribution in [3.63, 3.8) is 0 Å². The molecule has 5 aromatic rings. The average Bonchev–Trinajstić information content (AvgIpc) is 3.42. The molecule has 4 aromatic carbocycles. The predicted octanol–water partition coefficient (Wildman–Crippen LogP) is 7.59. The summed E-state index contributed by atoms with van der Waals surface area (Å²) in [4.78, 5) is 16.6. The van der Waals surface area contributed by atoms with Gasteiger partial charge < -0.3 is 29.8 Å². The SMILES string of the molecule is O=C(NCc1ccccc1)NCc1ccccc1-c1ccc(C2OC(Cn3cnc(Cl)c3Cl)CC(c3ccc(CO)cc3)O2)cc1. The smallest absolute Gasteiger partial charge is 0.315 e. The summed E-state index contributed by atoms with van der Waals surface area (Å²) in [5, 5.41) is 16.0. The number of ether oxygens (including phenoxy) is 2. The van der Waals surface area contributed by atoms with Crippen LogP contribution in [0.3, 0.4) is 0 Å². The van der Waals surface area contributed by atoms with E-state index in [1.54, 1.807) is 10.9 Å². The number of amides is 2. The van der Waals surface area contributed by atoms with Crippen molar-refractivity contribution >= 4 is 29.2 Å². The third kappa shape index (κ3) is 7.78. The number of nitrogens with zero attached hydrogens (tertiary/aromatic N) is 2. The monoisotopic (exact) mass is 656 g/mol. The molecule has 0 bridgehead atoms. The van der Waals surface area contributed by atoms with Crippen molar-refractivity contribution in [2.75, 3.05) is 0 Å². The lowest BCUT2D eigenvalue weighted by Gasteiger charge is -2.36. The Bertz CT molecular complexity index is 1750. The number of halogens is 2. The normalized spacial score (nSPS) is 17.8. The number of imidazole rings is 1. The second-order valence-electron chi connectivity index (χ2n) is 11.1. The zero-order valence-electron chi connectivity index (χ0n) is 25.0. The summed E-state index contributed by atoms with van der Waals surface area (Å²) in [6, 6.07) is 33.4. The van der Waals surface area contributed by atoms with E-state index in [1.807, 2.05) is 103 Å². The number of rotatable bonds is 10. The highest BCUT2D eigenvalue weighted by Crippen LogP contribution is 2.39. The molecule has 0 radical (unpaired) electrons. The molecule has 2 amide bonds. The summed E-state index contributed by atoms with van der Waals surface area (Å²) in [5.41, 5.74) is 6.77. The molecule has 236 valence electrons. The number of carbonyl (C=O) groups is 1. The highest BCUT2D eigenvalue weighted by Gasteiger charge is 2.33. The van der Waals surface area contributed by atoms with Crippen molar-refractivity contribution in [3.8, 4) is 11.1 Å². The van der Waals surface area contributed by atoms with Crippen LogP contribution < -0.4 is 10.6 Å². The van der Waals surface area contributed by atoms with Crippen LogP contribution in [-0.4, -0.2) is 26.8 Å². The Morgan fingerprint density at radius 3 is 2.24 bits per heavy atom. The Morgan fingerprint density at radius 1 is 0.826 bits per heavy atom. The highest BCUT2D eigenvalue weighted by atomic mass is 35.5. The van der Waals surface area contributed by atoms with Crippen LogP contribution in [-0.2, 0) is 35.7 Å². The fourth-order valence-corrected chi connectivity index (χ4v) is 5.83. The van der Waals surface area contributed by atoms with E-state index in [1.165, 1.54) is 0 Å². The standard InChI is InChI=1S/C36H34Cl2N4O4/c37-33-34(38)42(23-41-33)21-30-18-32(27-12-10-25(22-43)11-13-27)46-35(45-30)28-16-14-26(15-17-28)31-9-5-4-8-29(31)20-40-36(44)39-19-24-6-2-1-3-7-24/h1-17,23,30,32,35,43H,18-22H2,(H2,39,40,44). The Hall–Kier alpha value is -4.18. The van der Waals surface area contributed by atoms with Gasteiger partial charge in [-0.3, -0.25) is 0 Å². The lowest BCUT2D eigenvalue weighted by Crippen LogP contribution is -2.34. The van der Waals surface area contributed by atoms with E-state index in [9.17, 15) is 9.90 Å². The fraction of sp³-hybridized carbons (Fsp3) is 0.222. The molecule has 6 rings (SSSR count). The number of aromatic nitrogens is 2. The van der Waals surface area contributed by atoms with E-state index in [-0.39, 0.29) is 30.0 Å². The summed E-state index contributed by atoms with van der Waals surface area (Å²) in [5.74, 6) is 0. The molecule has 2 heterocycles. The minimum atomic E-state index is -0.627. The van der Waals surface area contributed by atoms with Gasteiger partial charge in [-0.2, -0.15) is 0 Å². The molecule has 3 unspecified atom stereocenters. The Balaban J connectivity index is 1.16. The van der Waals surface area contributed by atoms with Gasteiger partial charge in [-0.1, -0.05) is 126 Å². The third-order valence-corrected chi connectivity index (χ3v) is 8.76. The fourth-order valence-electron chi connectivity index (χ4n) is 5.51. The average molecular weight is 658 g/mol. The lowest BCUT2D eigenvalue weighted by molar-refractivity contribution is -0.252. The lowest BCUT2D eigenvalue weighted by atomic mass is 9.97. The third-order valence-electron chi connectivity index (χ3n) is 7.99. The van der Waals surface area contributed by atoms with Gasteiger partial charge >= 0.3 is 6.03 Å². The maximum absolute atomic E-state index is 12.5. The summed E-state index contributed by atoms with van der Waals surface area (Å²) < 4.78 is 14.7. The van der Waals surface area contributed by atoms with Gasteiger partial charge in [0.2, 0.25) is 0 Å². The molecule has 46 heavy (non-hydrogen) atoms. The van der Waals surface area contributed by atoms with E-state index in [0.717, 1.165) is 38.9 Å². The molecule has 1 aliphatic heterocycles. The second kappa shape index (κ2) is 14.9. The molecule has 1 aromatic heterocycles. The highest BCUT2D eigenvalue weighted by molar-refractivity contribution is 6.40. The summed E-state index contributed by atoms with van der Waals surface area (Å²) in [6.45, 7) is 1.28. The minimum Gasteiger partial charge on any atom is -0.392 e. The molecule has 1 aliphatic rings. The number of aliphatic hydroxyl groups excluding tert-OH is 1.